The first-order valence-corrected chi connectivity index (χ1v) is 8.10. The normalized spacial score (nSPS) is 13.7. The molecular weight excluding hydrogens is 338 g/mol. The Bertz CT molecular complexity index is 730. The van der Waals surface area contributed by atoms with Gasteiger partial charge in [-0.15, -0.1) is 12.4 Å². The molecule has 2 aromatic rings. The summed E-state index contributed by atoms with van der Waals surface area (Å²) in [5, 5.41) is 3.23. The number of piperazine rings is 1. The molecule has 0 bridgehead atoms. The maximum atomic E-state index is 12.7. The van der Waals surface area contributed by atoms with E-state index >= 15 is 0 Å². The Labute approximate surface area is 154 Å². The van der Waals surface area contributed by atoms with Crippen molar-refractivity contribution in [3.63, 3.8) is 0 Å². The largest absolute Gasteiger partial charge is 0.336 e. The van der Waals surface area contributed by atoms with Gasteiger partial charge in [-0.2, -0.15) is 0 Å². The van der Waals surface area contributed by atoms with Crippen molar-refractivity contribution in [3.8, 4) is 0 Å². The molecule has 0 unspecified atom stereocenters. The van der Waals surface area contributed by atoms with Gasteiger partial charge in [0.15, 0.2) is 0 Å². The summed E-state index contributed by atoms with van der Waals surface area (Å²) in [4.78, 5) is 28.7. The molecule has 2 amide bonds. The van der Waals surface area contributed by atoms with Gasteiger partial charge in [0.2, 0.25) is 0 Å². The van der Waals surface area contributed by atoms with Crippen LogP contribution >= 0.6 is 12.4 Å². The van der Waals surface area contributed by atoms with Gasteiger partial charge >= 0.3 is 0 Å². The van der Waals surface area contributed by atoms with E-state index in [1.54, 1.807) is 36.2 Å². The zero-order chi connectivity index (χ0) is 16.9. The highest BCUT2D eigenvalue weighted by Crippen LogP contribution is 2.16. The molecule has 0 spiro atoms. The molecule has 1 aliphatic heterocycles. The molecule has 0 radical (unpaired) electrons. The molecule has 5 nitrogen and oxygen atoms in total. The predicted octanol–water partition coefficient (Wildman–Crippen LogP) is 2.43. The lowest BCUT2D eigenvalue weighted by Crippen LogP contribution is -2.46. The van der Waals surface area contributed by atoms with Crippen LogP contribution < -0.4 is 10.2 Å². The number of hydrogen-bond donors (Lipinski definition) is 1. The molecule has 132 valence electrons. The number of para-hydroxylation sites is 1. The number of benzene rings is 2. The van der Waals surface area contributed by atoms with Crippen molar-refractivity contribution >= 4 is 29.9 Å². The van der Waals surface area contributed by atoms with Gasteiger partial charge < -0.3 is 15.1 Å². The van der Waals surface area contributed by atoms with Gasteiger partial charge in [0, 0.05) is 50.0 Å². The summed E-state index contributed by atoms with van der Waals surface area (Å²) in [7, 11) is 1.74. The van der Waals surface area contributed by atoms with Crippen molar-refractivity contribution in [3.05, 3.63) is 65.7 Å². The second-order valence-corrected chi connectivity index (χ2v) is 5.82. The van der Waals surface area contributed by atoms with Crippen molar-refractivity contribution in [2.75, 3.05) is 38.1 Å². The average molecular weight is 360 g/mol. The molecule has 0 saturated carbocycles. The van der Waals surface area contributed by atoms with E-state index in [9.17, 15) is 9.59 Å². The minimum Gasteiger partial charge on any atom is -0.336 e. The third-order valence-electron chi connectivity index (χ3n) is 4.21. The fourth-order valence-corrected chi connectivity index (χ4v) is 2.80. The fraction of sp³-hybridized carbons (Fsp3) is 0.263. The number of anilines is 1. The van der Waals surface area contributed by atoms with Gasteiger partial charge in [0.25, 0.3) is 11.8 Å². The summed E-state index contributed by atoms with van der Waals surface area (Å²) in [6, 6.07) is 16.4. The van der Waals surface area contributed by atoms with Crippen molar-refractivity contribution in [2.45, 2.75) is 0 Å². The van der Waals surface area contributed by atoms with Crippen molar-refractivity contribution in [1.82, 2.24) is 10.2 Å². The van der Waals surface area contributed by atoms with Crippen LogP contribution in [-0.4, -0.2) is 49.9 Å². The SMILES string of the molecule is CN(C(=O)c1cccc(C(=O)N2CCNCC2)c1)c1ccccc1.Cl. The van der Waals surface area contributed by atoms with Crippen molar-refractivity contribution in [2.24, 2.45) is 0 Å². The molecule has 1 N–H and O–H groups in total. The second-order valence-electron chi connectivity index (χ2n) is 5.82. The van der Waals surface area contributed by atoms with E-state index in [4.69, 9.17) is 0 Å². The molecule has 0 aliphatic carbocycles. The third kappa shape index (κ3) is 4.38. The molecule has 1 fully saturated rings. The van der Waals surface area contributed by atoms with E-state index in [2.05, 4.69) is 5.32 Å². The topological polar surface area (TPSA) is 52.7 Å². The number of nitrogens with zero attached hydrogens (tertiary/aromatic N) is 2. The van der Waals surface area contributed by atoms with Crippen LogP contribution in [0.5, 0.6) is 0 Å². The van der Waals surface area contributed by atoms with Crippen LogP contribution in [0.25, 0.3) is 0 Å². The highest BCUT2D eigenvalue weighted by atomic mass is 35.5. The molecule has 2 aromatic carbocycles. The molecular formula is C19H22ClN3O2. The standard InChI is InChI=1S/C19H21N3O2.ClH/c1-21(17-8-3-2-4-9-17)18(23)15-6-5-7-16(14-15)19(24)22-12-10-20-11-13-22;/h2-9,14,20H,10-13H2,1H3;1H. The Kier molecular flexibility index (Phi) is 6.56. The summed E-state index contributed by atoms with van der Waals surface area (Å²) in [5.41, 5.74) is 1.90. The van der Waals surface area contributed by atoms with Gasteiger partial charge in [-0.3, -0.25) is 9.59 Å². The second kappa shape index (κ2) is 8.65. The summed E-state index contributed by atoms with van der Waals surface area (Å²) >= 11 is 0. The van der Waals surface area contributed by atoms with E-state index in [0.29, 0.717) is 24.2 Å². The quantitative estimate of drug-likeness (QED) is 0.915. The smallest absolute Gasteiger partial charge is 0.258 e. The predicted molar refractivity (Wildman–Crippen MR) is 102 cm³/mol. The van der Waals surface area contributed by atoms with E-state index in [1.165, 1.54) is 0 Å². The monoisotopic (exact) mass is 359 g/mol. The number of hydrogen-bond acceptors (Lipinski definition) is 3. The first kappa shape index (κ1) is 19.0. The van der Waals surface area contributed by atoms with Gasteiger partial charge in [-0.1, -0.05) is 24.3 Å². The minimum absolute atomic E-state index is 0. The van der Waals surface area contributed by atoms with Crippen LogP contribution in [0.2, 0.25) is 0 Å². The van der Waals surface area contributed by atoms with E-state index in [-0.39, 0.29) is 24.2 Å². The van der Waals surface area contributed by atoms with Crippen LogP contribution in [0, 0.1) is 0 Å². The number of carbonyl (C=O) groups is 2. The highest BCUT2D eigenvalue weighted by molar-refractivity contribution is 6.07. The minimum atomic E-state index is -0.129. The number of amides is 2. The number of rotatable bonds is 3. The zero-order valence-corrected chi connectivity index (χ0v) is 15.0. The van der Waals surface area contributed by atoms with Gasteiger partial charge in [-0.25, -0.2) is 0 Å². The Hall–Kier alpha value is -2.37. The lowest BCUT2D eigenvalue weighted by atomic mass is 10.1. The van der Waals surface area contributed by atoms with E-state index in [1.807, 2.05) is 35.2 Å². The summed E-state index contributed by atoms with van der Waals surface area (Å²) in [6.45, 7) is 3.00. The van der Waals surface area contributed by atoms with Crippen LogP contribution in [0.15, 0.2) is 54.6 Å². The Morgan fingerprint density at radius 2 is 1.60 bits per heavy atom. The van der Waals surface area contributed by atoms with Gasteiger partial charge in [-0.05, 0) is 30.3 Å². The molecule has 1 heterocycles. The number of nitrogens with one attached hydrogen (secondary N) is 1. The highest BCUT2D eigenvalue weighted by Gasteiger charge is 2.20. The maximum Gasteiger partial charge on any atom is 0.258 e. The average Bonchev–Trinajstić information content (AvgIpc) is 2.67. The third-order valence-corrected chi connectivity index (χ3v) is 4.21. The molecule has 6 heteroatoms. The van der Waals surface area contributed by atoms with Crippen molar-refractivity contribution in [1.29, 1.82) is 0 Å². The first-order chi connectivity index (χ1) is 11.7. The zero-order valence-electron chi connectivity index (χ0n) is 14.1. The molecule has 1 aliphatic rings. The lowest BCUT2D eigenvalue weighted by molar-refractivity contribution is 0.0736. The number of halogens is 1. The lowest BCUT2D eigenvalue weighted by Gasteiger charge is -2.27. The van der Waals surface area contributed by atoms with Gasteiger partial charge in [0.05, 0.1) is 0 Å². The van der Waals surface area contributed by atoms with E-state index < -0.39 is 0 Å². The van der Waals surface area contributed by atoms with Crippen LogP contribution in [0.3, 0.4) is 0 Å². The first-order valence-electron chi connectivity index (χ1n) is 8.10. The fourth-order valence-electron chi connectivity index (χ4n) is 2.80. The molecule has 1 saturated heterocycles. The summed E-state index contributed by atoms with van der Waals surface area (Å²) < 4.78 is 0. The maximum absolute atomic E-state index is 12.7. The van der Waals surface area contributed by atoms with Crippen molar-refractivity contribution < 1.29 is 9.59 Å². The van der Waals surface area contributed by atoms with E-state index in [0.717, 1.165) is 18.8 Å². The number of carbonyl (C=O) groups excluding carboxylic acids is 2. The van der Waals surface area contributed by atoms with Crippen LogP contribution in [0.1, 0.15) is 20.7 Å². The Balaban J connectivity index is 0.00000225. The molecule has 25 heavy (non-hydrogen) atoms. The summed E-state index contributed by atoms with van der Waals surface area (Å²) in [6.07, 6.45) is 0. The Morgan fingerprint density at radius 3 is 2.28 bits per heavy atom. The van der Waals surface area contributed by atoms with Crippen LogP contribution in [-0.2, 0) is 0 Å². The molecule has 0 atom stereocenters. The van der Waals surface area contributed by atoms with Crippen LogP contribution in [0.4, 0.5) is 5.69 Å². The Morgan fingerprint density at radius 1 is 0.960 bits per heavy atom. The molecule has 3 rings (SSSR count). The summed E-state index contributed by atoms with van der Waals surface area (Å²) in [5.74, 6) is -0.148. The van der Waals surface area contributed by atoms with Gasteiger partial charge in [0.1, 0.15) is 0 Å². The molecule has 0 aromatic heterocycles.